The van der Waals surface area contributed by atoms with Crippen LogP contribution in [0, 0.1) is 0 Å². The average Bonchev–Trinajstić information content (AvgIpc) is 3.33. The van der Waals surface area contributed by atoms with Crippen LogP contribution in [0.25, 0.3) is 5.82 Å². The summed E-state index contributed by atoms with van der Waals surface area (Å²) in [5.74, 6) is 0.638. The maximum atomic E-state index is 12.5. The zero-order valence-electron chi connectivity index (χ0n) is 15.8. The number of nitrogens with two attached hydrogens (primary N) is 1. The van der Waals surface area contributed by atoms with Gasteiger partial charge in [-0.25, -0.2) is 10.1 Å². The topological polar surface area (TPSA) is 165 Å². The van der Waals surface area contributed by atoms with Gasteiger partial charge in [-0.1, -0.05) is 5.21 Å². The lowest BCUT2D eigenvalue weighted by atomic mass is 10.2. The minimum Gasteiger partial charge on any atom is -0.497 e. The number of amides is 1. The molecule has 0 aliphatic heterocycles. The largest absolute Gasteiger partial charge is 0.497 e. The number of carbonyl (C=O) groups excluding carboxylic acids is 1. The third-order valence-electron chi connectivity index (χ3n) is 3.76. The molecule has 13 heteroatoms. The molecule has 2 aromatic heterocycles. The van der Waals surface area contributed by atoms with Crippen molar-refractivity contribution in [3.63, 3.8) is 0 Å². The van der Waals surface area contributed by atoms with Crippen molar-refractivity contribution in [1.29, 1.82) is 0 Å². The minimum atomic E-state index is -0.614. The van der Waals surface area contributed by atoms with E-state index in [-0.39, 0.29) is 23.9 Å². The number of nitrogens with zero attached hydrogens (tertiary/aromatic N) is 6. The monoisotopic (exact) mass is 402 g/mol. The molecule has 0 radical (unpaired) electrons. The fraction of sp³-hybridized carbons (Fsp3) is 0.250. The average molecular weight is 402 g/mol. The van der Waals surface area contributed by atoms with Gasteiger partial charge < -0.3 is 19.9 Å². The first-order chi connectivity index (χ1) is 14.1. The number of nitrogen functional groups attached to an aromatic ring is 1. The predicted molar refractivity (Wildman–Crippen MR) is 98.9 cm³/mol. The highest BCUT2D eigenvalue weighted by molar-refractivity contribution is 5.94. The van der Waals surface area contributed by atoms with E-state index < -0.39 is 5.91 Å². The number of nitrogens with one attached hydrogen (secondary N) is 1. The third kappa shape index (κ3) is 4.14. The van der Waals surface area contributed by atoms with Crippen molar-refractivity contribution in [2.24, 2.45) is 5.10 Å². The molecule has 0 saturated carbocycles. The molecule has 0 fully saturated rings. The second kappa shape index (κ2) is 8.79. The normalized spacial score (nSPS) is 11.0. The highest BCUT2D eigenvalue weighted by Gasteiger charge is 2.23. The van der Waals surface area contributed by atoms with Crippen LogP contribution >= 0.6 is 0 Å². The van der Waals surface area contributed by atoms with Gasteiger partial charge in [-0.3, -0.25) is 4.79 Å². The molecular formula is C16H18N8O5. The number of carbonyl (C=O) groups is 1. The molecule has 1 amide bonds. The molecule has 0 bridgehead atoms. The Hall–Kier alpha value is -4.00. The molecular weight excluding hydrogens is 384 g/mol. The van der Waals surface area contributed by atoms with Crippen molar-refractivity contribution in [3.8, 4) is 17.3 Å². The highest BCUT2D eigenvalue weighted by atomic mass is 16.6. The molecule has 2 heterocycles. The van der Waals surface area contributed by atoms with E-state index in [1.54, 1.807) is 25.3 Å². The fourth-order valence-corrected chi connectivity index (χ4v) is 2.41. The fourth-order valence-electron chi connectivity index (χ4n) is 2.41. The first kappa shape index (κ1) is 19.8. The van der Waals surface area contributed by atoms with Gasteiger partial charge in [-0.15, -0.1) is 5.10 Å². The third-order valence-corrected chi connectivity index (χ3v) is 3.76. The molecule has 0 atom stereocenters. The molecule has 3 aromatic rings. The SMILES string of the molecule is COCc1c(C(=O)NN=Cc2cc(OC)ccc2OC)nnn1-c1nonc1N. The Kier molecular flexibility index (Phi) is 5.99. The first-order valence-corrected chi connectivity index (χ1v) is 8.16. The molecule has 1 aromatic carbocycles. The van der Waals surface area contributed by atoms with Gasteiger partial charge in [0.2, 0.25) is 11.6 Å². The lowest BCUT2D eigenvalue weighted by Gasteiger charge is -2.07. The smallest absolute Gasteiger partial charge is 0.293 e. The molecule has 0 aliphatic rings. The van der Waals surface area contributed by atoms with Crippen LogP contribution in [0.2, 0.25) is 0 Å². The predicted octanol–water partition coefficient (Wildman–Crippen LogP) is 0.160. The van der Waals surface area contributed by atoms with Gasteiger partial charge in [0.15, 0.2) is 5.69 Å². The van der Waals surface area contributed by atoms with E-state index in [0.717, 1.165) is 0 Å². The van der Waals surface area contributed by atoms with E-state index in [4.69, 9.17) is 19.9 Å². The van der Waals surface area contributed by atoms with Crippen molar-refractivity contribution in [2.45, 2.75) is 6.61 Å². The Bertz CT molecular complexity index is 1030. The van der Waals surface area contributed by atoms with E-state index in [9.17, 15) is 4.79 Å². The molecule has 13 nitrogen and oxygen atoms in total. The van der Waals surface area contributed by atoms with E-state index in [1.807, 2.05) is 0 Å². The number of hydrogen-bond donors (Lipinski definition) is 2. The summed E-state index contributed by atoms with van der Waals surface area (Å²) in [6.45, 7) is 0.00940. The maximum Gasteiger partial charge on any atom is 0.293 e. The maximum absolute atomic E-state index is 12.5. The van der Waals surface area contributed by atoms with Gasteiger partial charge in [0.25, 0.3) is 5.91 Å². The van der Waals surface area contributed by atoms with E-state index in [2.05, 4.69) is 35.8 Å². The summed E-state index contributed by atoms with van der Waals surface area (Å²) in [5, 5.41) is 18.8. The molecule has 0 aliphatic carbocycles. The van der Waals surface area contributed by atoms with Crippen LogP contribution in [0.15, 0.2) is 27.9 Å². The van der Waals surface area contributed by atoms with Crippen LogP contribution in [0.3, 0.4) is 0 Å². The van der Waals surface area contributed by atoms with Crippen LogP contribution in [0.4, 0.5) is 5.82 Å². The van der Waals surface area contributed by atoms with Crippen molar-refractivity contribution < 1.29 is 23.6 Å². The van der Waals surface area contributed by atoms with E-state index in [0.29, 0.717) is 22.8 Å². The number of methoxy groups -OCH3 is 3. The summed E-state index contributed by atoms with van der Waals surface area (Å²) in [5.41, 5.74) is 8.93. The summed E-state index contributed by atoms with van der Waals surface area (Å²) < 4.78 is 21.3. The molecule has 0 saturated heterocycles. The number of rotatable bonds is 8. The zero-order chi connectivity index (χ0) is 20.8. The summed E-state index contributed by atoms with van der Waals surface area (Å²) in [6.07, 6.45) is 1.42. The Labute approximate surface area is 164 Å². The van der Waals surface area contributed by atoms with E-state index in [1.165, 1.54) is 25.1 Å². The molecule has 152 valence electrons. The summed E-state index contributed by atoms with van der Waals surface area (Å²) >= 11 is 0. The molecule has 3 rings (SSSR count). The summed E-state index contributed by atoms with van der Waals surface area (Å²) in [7, 11) is 4.52. The Morgan fingerprint density at radius 1 is 1.31 bits per heavy atom. The minimum absolute atomic E-state index is 0.00940. The lowest BCUT2D eigenvalue weighted by Crippen LogP contribution is -2.20. The van der Waals surface area contributed by atoms with Gasteiger partial charge in [-0.05, 0) is 28.5 Å². The number of anilines is 1. The van der Waals surface area contributed by atoms with Gasteiger partial charge in [0, 0.05) is 12.7 Å². The number of hydrazone groups is 1. The molecule has 3 N–H and O–H groups in total. The Balaban J connectivity index is 1.82. The van der Waals surface area contributed by atoms with Crippen LogP contribution in [0.5, 0.6) is 11.5 Å². The van der Waals surface area contributed by atoms with Crippen molar-refractivity contribution >= 4 is 17.9 Å². The summed E-state index contributed by atoms with van der Waals surface area (Å²) in [4.78, 5) is 12.5. The molecule has 29 heavy (non-hydrogen) atoms. The second-order valence-corrected chi connectivity index (χ2v) is 5.51. The van der Waals surface area contributed by atoms with Gasteiger partial charge in [0.1, 0.15) is 17.2 Å². The number of benzene rings is 1. The Morgan fingerprint density at radius 2 is 2.14 bits per heavy atom. The van der Waals surface area contributed by atoms with Gasteiger partial charge >= 0.3 is 0 Å². The summed E-state index contributed by atoms with van der Waals surface area (Å²) in [6, 6.07) is 5.18. The second-order valence-electron chi connectivity index (χ2n) is 5.51. The lowest BCUT2D eigenvalue weighted by molar-refractivity contribution is 0.0944. The highest BCUT2D eigenvalue weighted by Crippen LogP contribution is 2.22. The van der Waals surface area contributed by atoms with Crippen molar-refractivity contribution in [3.05, 3.63) is 35.2 Å². The van der Waals surface area contributed by atoms with E-state index >= 15 is 0 Å². The number of ether oxygens (including phenoxy) is 3. The number of hydrogen-bond acceptors (Lipinski definition) is 11. The van der Waals surface area contributed by atoms with Gasteiger partial charge in [0.05, 0.1) is 27.0 Å². The van der Waals surface area contributed by atoms with Crippen LogP contribution < -0.4 is 20.6 Å². The standard InChI is InChI=1S/C16H18N8O5/c1-26-8-11-13(19-23-24(11)15-14(17)21-29-22-15)16(25)20-18-7-9-6-10(27-2)4-5-12(9)28-3/h4-7H,8H2,1-3H3,(H2,17,21)(H,20,25). The van der Waals surface area contributed by atoms with Crippen LogP contribution in [-0.2, 0) is 11.3 Å². The quantitative estimate of drug-likeness (QED) is 0.391. The Morgan fingerprint density at radius 3 is 2.79 bits per heavy atom. The van der Waals surface area contributed by atoms with Crippen molar-refractivity contribution in [1.82, 2.24) is 30.7 Å². The number of aromatic nitrogens is 5. The van der Waals surface area contributed by atoms with Crippen LogP contribution in [-0.4, -0.2) is 58.8 Å². The van der Waals surface area contributed by atoms with Crippen molar-refractivity contribution in [2.75, 3.05) is 27.1 Å². The first-order valence-electron chi connectivity index (χ1n) is 8.16. The molecule has 0 spiro atoms. The van der Waals surface area contributed by atoms with Gasteiger partial charge in [-0.2, -0.15) is 9.78 Å². The zero-order valence-corrected chi connectivity index (χ0v) is 15.8. The molecule has 0 unspecified atom stereocenters. The van der Waals surface area contributed by atoms with Crippen LogP contribution in [0.1, 0.15) is 21.7 Å².